The fourth-order valence-electron chi connectivity index (χ4n) is 14.9. The van der Waals surface area contributed by atoms with E-state index in [1.54, 1.807) is 0 Å². The molecule has 0 aliphatic heterocycles. The van der Waals surface area contributed by atoms with Crippen molar-refractivity contribution < 1.29 is 17.7 Å². The standard InChI is InChI=1S/C46H27N3O2.C28H17BrN2O.C18H11NO/c1-2-12-28(13-3-1)37-27-38(35-20-11-19-33-31-16-5-8-22-41(31)50-44(33)35)48-46(47-37)29-14-10-15-30(26-29)49-39-21-7-4-18-36(39)43-40(49)25-24-34-32-17-6-9-23-42(32)51-45(34)43;29-20-11-6-10-19(16-20)28-30-24(18-8-2-1-3-9-18)17-25(31-28)23-14-7-13-22-21-12-4-5-15-26(21)32-27(22)23;1-3-7-14-13(6-1)17-15(19-14)10-9-12-11-5-2-4-8-16(11)20-18(12)17/h1-27H;1-17H;1-10,19H. The Bertz CT molecular complexity index is 7100. The molecule has 8 heterocycles. The van der Waals surface area contributed by atoms with E-state index in [9.17, 15) is 0 Å². The van der Waals surface area contributed by atoms with Gasteiger partial charge in [-0.2, -0.15) is 0 Å². The highest BCUT2D eigenvalue weighted by Gasteiger charge is 2.23. The Labute approximate surface area is 596 Å². The number of nitrogens with one attached hydrogen (secondary N) is 1. The van der Waals surface area contributed by atoms with Crippen molar-refractivity contribution in [2.24, 2.45) is 0 Å². The van der Waals surface area contributed by atoms with Crippen LogP contribution in [0.25, 0.3) is 205 Å². The average Bonchev–Trinajstić information content (AvgIpc) is 1.58. The van der Waals surface area contributed by atoms with Crippen molar-refractivity contribution in [3.8, 4) is 73.5 Å². The number of rotatable bonds is 7. The molecule has 0 unspecified atom stereocenters. The van der Waals surface area contributed by atoms with Gasteiger partial charge in [-0.3, -0.25) is 0 Å². The number of hydrogen-bond donors (Lipinski definition) is 1. The number of furan rings is 4. The van der Waals surface area contributed by atoms with Gasteiger partial charge in [0.15, 0.2) is 11.6 Å². The maximum atomic E-state index is 6.54. The fourth-order valence-corrected chi connectivity index (χ4v) is 15.3. The van der Waals surface area contributed by atoms with E-state index >= 15 is 0 Å². The largest absolute Gasteiger partial charge is 0.455 e. The molecule has 10 nitrogen and oxygen atoms in total. The van der Waals surface area contributed by atoms with Crippen molar-refractivity contribution in [2.45, 2.75) is 0 Å². The summed E-state index contributed by atoms with van der Waals surface area (Å²) < 4.78 is 28.7. The van der Waals surface area contributed by atoms with Crippen LogP contribution < -0.4 is 0 Å². The summed E-state index contributed by atoms with van der Waals surface area (Å²) in [4.78, 5) is 23.7. The topological polar surface area (TPSA) is 125 Å². The molecule has 0 saturated heterocycles. The number of fused-ring (bicyclic) bond motifs is 20. The van der Waals surface area contributed by atoms with Crippen LogP contribution in [0.5, 0.6) is 0 Å². The molecular formula is C92H55BrN6O4. The number of hydrogen-bond acceptors (Lipinski definition) is 8. The normalized spacial score (nSPS) is 11.7. The molecule has 22 aromatic rings. The second-order valence-electron chi connectivity index (χ2n) is 25.7. The highest BCUT2D eigenvalue weighted by molar-refractivity contribution is 9.10. The third-order valence-electron chi connectivity index (χ3n) is 19.6. The minimum absolute atomic E-state index is 0.641. The number of nitrogens with zero attached hydrogens (tertiary/aromatic N) is 5. The van der Waals surface area contributed by atoms with Gasteiger partial charge in [0.05, 0.1) is 50.1 Å². The van der Waals surface area contributed by atoms with Crippen molar-refractivity contribution in [1.29, 1.82) is 0 Å². The van der Waals surface area contributed by atoms with Crippen LogP contribution in [0.2, 0.25) is 0 Å². The zero-order chi connectivity index (χ0) is 68.1. The molecule has 11 heteroatoms. The molecule has 0 aliphatic rings. The van der Waals surface area contributed by atoms with Gasteiger partial charge in [-0.25, -0.2) is 19.9 Å². The first-order chi connectivity index (χ1) is 51.0. The van der Waals surface area contributed by atoms with E-state index in [0.29, 0.717) is 11.6 Å². The van der Waals surface area contributed by atoms with E-state index in [4.69, 9.17) is 37.6 Å². The predicted octanol–water partition coefficient (Wildman–Crippen LogP) is 25.7. The number of halogens is 1. The van der Waals surface area contributed by atoms with Crippen molar-refractivity contribution in [1.82, 2.24) is 29.5 Å². The lowest BCUT2D eigenvalue weighted by atomic mass is 10.0. The lowest BCUT2D eigenvalue weighted by Crippen LogP contribution is -1.98. The van der Waals surface area contributed by atoms with Crippen LogP contribution in [-0.2, 0) is 0 Å². The van der Waals surface area contributed by atoms with Crippen molar-refractivity contribution in [3.05, 3.63) is 332 Å². The van der Waals surface area contributed by atoms with E-state index in [0.717, 1.165) is 176 Å². The summed E-state index contributed by atoms with van der Waals surface area (Å²) in [6.07, 6.45) is 0. The van der Waals surface area contributed by atoms with Crippen molar-refractivity contribution in [2.75, 3.05) is 0 Å². The summed E-state index contributed by atoms with van der Waals surface area (Å²) in [6.45, 7) is 0. The molecule has 22 rings (SSSR count). The molecule has 0 spiro atoms. The SMILES string of the molecule is Brc1cccc(-c2nc(-c3ccccc3)cc(-c3cccc4c3oc3ccccc34)n2)c1.c1ccc(-c2cc(-c3cccc4c3oc3ccccc34)nc(-c3cccc(-n4c5ccccc5c5c6oc7ccccc7c6ccc54)c3)n2)cc1.c1ccc2c(c1)[nH]c1ccc3c4ccccc4oc3c12. The van der Waals surface area contributed by atoms with Crippen LogP contribution in [0.15, 0.2) is 350 Å². The minimum Gasteiger partial charge on any atom is -0.455 e. The molecule has 0 radical (unpaired) electrons. The zero-order valence-corrected chi connectivity index (χ0v) is 56.5. The molecule has 8 aromatic heterocycles. The van der Waals surface area contributed by atoms with Crippen molar-refractivity contribution >= 4 is 147 Å². The number of aromatic amines is 1. The Hall–Kier alpha value is -13.5. The third-order valence-corrected chi connectivity index (χ3v) is 20.1. The van der Waals surface area contributed by atoms with Crippen LogP contribution in [0, 0.1) is 0 Å². The summed E-state index contributed by atoms with van der Waals surface area (Å²) >= 11 is 3.57. The first kappa shape index (κ1) is 59.6. The van der Waals surface area contributed by atoms with Gasteiger partial charge in [0.2, 0.25) is 0 Å². The van der Waals surface area contributed by atoms with Crippen LogP contribution >= 0.6 is 15.9 Å². The number of aromatic nitrogens is 6. The van der Waals surface area contributed by atoms with Gasteiger partial charge in [-0.05, 0) is 109 Å². The van der Waals surface area contributed by atoms with Crippen molar-refractivity contribution in [3.63, 3.8) is 0 Å². The summed E-state index contributed by atoms with van der Waals surface area (Å²) in [6, 6.07) is 112. The van der Waals surface area contributed by atoms with E-state index in [1.165, 1.54) is 21.5 Å². The number of para-hydroxylation sites is 8. The van der Waals surface area contributed by atoms with E-state index < -0.39 is 0 Å². The highest BCUT2D eigenvalue weighted by atomic mass is 79.9. The van der Waals surface area contributed by atoms with Crippen LogP contribution in [-0.4, -0.2) is 29.5 Å². The Kier molecular flexibility index (Phi) is 14.1. The molecule has 103 heavy (non-hydrogen) atoms. The quantitative estimate of drug-likeness (QED) is 0.167. The Balaban J connectivity index is 0.000000115. The first-order valence-corrected chi connectivity index (χ1v) is 35.0. The lowest BCUT2D eigenvalue weighted by molar-refractivity contribution is 0.669. The minimum atomic E-state index is 0.641. The van der Waals surface area contributed by atoms with E-state index in [2.05, 4.69) is 220 Å². The third kappa shape index (κ3) is 10.2. The predicted molar refractivity (Wildman–Crippen MR) is 424 cm³/mol. The summed E-state index contributed by atoms with van der Waals surface area (Å²) in [7, 11) is 0. The molecule has 0 fully saturated rings. The smallest absolute Gasteiger partial charge is 0.160 e. The van der Waals surface area contributed by atoms with E-state index in [-0.39, 0.29) is 0 Å². The van der Waals surface area contributed by atoms with Gasteiger partial charge in [0.1, 0.15) is 44.7 Å². The van der Waals surface area contributed by atoms with Gasteiger partial charge in [-0.1, -0.05) is 234 Å². The lowest BCUT2D eigenvalue weighted by Gasteiger charge is -2.12. The maximum Gasteiger partial charge on any atom is 0.160 e. The molecule has 0 saturated carbocycles. The van der Waals surface area contributed by atoms with E-state index in [1.807, 2.05) is 133 Å². The van der Waals surface area contributed by atoms with Crippen LogP contribution in [0.1, 0.15) is 0 Å². The monoisotopic (exact) mass is 1390 g/mol. The Morgan fingerprint density at radius 3 is 1.22 bits per heavy atom. The molecule has 484 valence electrons. The first-order valence-electron chi connectivity index (χ1n) is 34.2. The number of H-pyrrole nitrogens is 1. The second-order valence-corrected chi connectivity index (χ2v) is 26.6. The van der Waals surface area contributed by atoms with Crippen LogP contribution in [0.4, 0.5) is 0 Å². The molecule has 0 aliphatic carbocycles. The van der Waals surface area contributed by atoms with Gasteiger partial charge >= 0.3 is 0 Å². The number of benzene rings is 14. The molecule has 0 bridgehead atoms. The Morgan fingerprint density at radius 2 is 0.670 bits per heavy atom. The van der Waals surface area contributed by atoms with Gasteiger partial charge < -0.3 is 27.2 Å². The molecule has 0 amide bonds. The summed E-state index contributed by atoms with van der Waals surface area (Å²) in [5.41, 5.74) is 21.8. The summed E-state index contributed by atoms with van der Waals surface area (Å²) in [5.74, 6) is 1.32. The highest BCUT2D eigenvalue weighted by Crippen LogP contribution is 2.44. The van der Waals surface area contributed by atoms with Gasteiger partial charge in [-0.15, -0.1) is 0 Å². The molecule has 14 aromatic carbocycles. The zero-order valence-electron chi connectivity index (χ0n) is 54.9. The van der Waals surface area contributed by atoms with Gasteiger partial charge in [0, 0.05) is 103 Å². The maximum absolute atomic E-state index is 6.54. The van der Waals surface area contributed by atoms with Gasteiger partial charge in [0.25, 0.3) is 0 Å². The summed E-state index contributed by atoms with van der Waals surface area (Å²) in [5, 5.41) is 13.6. The van der Waals surface area contributed by atoms with Crippen LogP contribution in [0.3, 0.4) is 0 Å². The second kappa shape index (κ2) is 24.5. The molecule has 1 N–H and O–H groups in total. The molecule has 0 atom stereocenters. The average molecular weight is 1390 g/mol. The molecular weight excluding hydrogens is 1330 g/mol. The Morgan fingerprint density at radius 1 is 0.262 bits per heavy atom. The fraction of sp³-hybridized carbons (Fsp3) is 0.